The van der Waals surface area contributed by atoms with Gasteiger partial charge >= 0.3 is 0 Å². The Bertz CT molecular complexity index is 1030. The van der Waals surface area contributed by atoms with Crippen molar-refractivity contribution in [1.29, 1.82) is 0 Å². The Morgan fingerprint density at radius 3 is 2.85 bits per heavy atom. The van der Waals surface area contributed by atoms with E-state index in [0.717, 1.165) is 17.7 Å². The standard InChI is InChI=1S/C20H19N3O3/c1-26-15-6-4-5-14(11-15)18-9-10-23(18)19(24)12-22-13-21-17-8-3-2-7-16(17)20(22)25/h2-8,11,13,18H,9-10,12H2,1H3/t18-/m0/s1. The van der Waals surface area contributed by atoms with Crippen molar-refractivity contribution in [2.75, 3.05) is 13.7 Å². The van der Waals surface area contributed by atoms with Gasteiger partial charge in [-0.2, -0.15) is 0 Å². The number of amides is 1. The number of benzene rings is 2. The van der Waals surface area contributed by atoms with E-state index in [0.29, 0.717) is 17.4 Å². The molecule has 2 aromatic carbocycles. The van der Waals surface area contributed by atoms with Gasteiger partial charge in [0.1, 0.15) is 12.3 Å². The summed E-state index contributed by atoms with van der Waals surface area (Å²) in [5.41, 5.74) is 1.50. The number of fused-ring (bicyclic) bond motifs is 1. The molecule has 0 saturated carbocycles. The molecule has 2 heterocycles. The summed E-state index contributed by atoms with van der Waals surface area (Å²) in [5, 5.41) is 0.524. The minimum atomic E-state index is -0.192. The lowest BCUT2D eigenvalue weighted by atomic mass is 9.94. The number of hydrogen-bond donors (Lipinski definition) is 0. The summed E-state index contributed by atoms with van der Waals surface area (Å²) in [6.45, 7) is 0.688. The number of carbonyl (C=O) groups excluding carboxylic acids is 1. The molecule has 26 heavy (non-hydrogen) atoms. The van der Waals surface area contributed by atoms with E-state index < -0.39 is 0 Å². The maximum Gasteiger partial charge on any atom is 0.261 e. The molecule has 0 unspecified atom stereocenters. The summed E-state index contributed by atoms with van der Waals surface area (Å²) in [6.07, 6.45) is 2.35. The van der Waals surface area contributed by atoms with Gasteiger partial charge in [0.25, 0.3) is 5.56 Å². The molecule has 6 nitrogen and oxygen atoms in total. The van der Waals surface area contributed by atoms with Crippen LogP contribution in [0.4, 0.5) is 0 Å². The van der Waals surface area contributed by atoms with E-state index in [-0.39, 0.29) is 24.1 Å². The molecule has 6 heteroatoms. The van der Waals surface area contributed by atoms with E-state index in [1.54, 1.807) is 30.2 Å². The Morgan fingerprint density at radius 1 is 1.23 bits per heavy atom. The summed E-state index contributed by atoms with van der Waals surface area (Å²) in [5.74, 6) is 0.694. The third-order valence-electron chi connectivity index (χ3n) is 4.86. The van der Waals surface area contributed by atoms with Crippen LogP contribution < -0.4 is 10.3 Å². The zero-order chi connectivity index (χ0) is 18.1. The Balaban J connectivity index is 1.55. The van der Waals surface area contributed by atoms with Crippen molar-refractivity contribution in [3.8, 4) is 5.75 Å². The average molecular weight is 349 g/mol. The lowest BCUT2D eigenvalue weighted by Crippen LogP contribution is -2.47. The van der Waals surface area contributed by atoms with E-state index >= 15 is 0 Å². The van der Waals surface area contributed by atoms with Gasteiger partial charge in [0.05, 0.1) is 30.4 Å². The first-order valence-corrected chi connectivity index (χ1v) is 8.55. The first-order chi connectivity index (χ1) is 12.7. The maximum absolute atomic E-state index is 12.7. The number of rotatable bonds is 4. The summed E-state index contributed by atoms with van der Waals surface area (Å²) >= 11 is 0. The fourth-order valence-corrected chi connectivity index (χ4v) is 3.34. The maximum atomic E-state index is 12.7. The number of para-hydroxylation sites is 1. The molecule has 1 atom stereocenters. The van der Waals surface area contributed by atoms with Crippen LogP contribution in [0.25, 0.3) is 10.9 Å². The summed E-state index contributed by atoms with van der Waals surface area (Å²) in [6, 6.07) is 14.9. The van der Waals surface area contributed by atoms with Crippen LogP contribution in [0.1, 0.15) is 18.0 Å². The fraction of sp³-hybridized carbons (Fsp3) is 0.250. The number of ether oxygens (including phenoxy) is 1. The van der Waals surface area contributed by atoms with Crippen LogP contribution in [0.3, 0.4) is 0 Å². The molecule has 1 aliphatic heterocycles. The van der Waals surface area contributed by atoms with Crippen molar-refractivity contribution >= 4 is 16.8 Å². The van der Waals surface area contributed by atoms with E-state index in [2.05, 4.69) is 4.98 Å². The van der Waals surface area contributed by atoms with Crippen LogP contribution >= 0.6 is 0 Å². The smallest absolute Gasteiger partial charge is 0.261 e. The van der Waals surface area contributed by atoms with E-state index in [4.69, 9.17) is 4.74 Å². The molecule has 1 saturated heterocycles. The van der Waals surface area contributed by atoms with E-state index in [1.807, 2.05) is 30.3 Å². The van der Waals surface area contributed by atoms with Gasteiger partial charge in [0, 0.05) is 6.54 Å². The minimum Gasteiger partial charge on any atom is -0.497 e. The van der Waals surface area contributed by atoms with Crippen molar-refractivity contribution in [2.45, 2.75) is 19.0 Å². The SMILES string of the molecule is COc1cccc([C@@H]2CCN2C(=O)Cn2cnc3ccccc3c2=O)c1. The molecule has 0 spiro atoms. The number of methoxy groups -OCH3 is 1. The van der Waals surface area contributed by atoms with Crippen LogP contribution in [0, 0.1) is 0 Å². The van der Waals surface area contributed by atoms with E-state index in [1.165, 1.54) is 10.9 Å². The summed E-state index contributed by atoms with van der Waals surface area (Å²) in [4.78, 5) is 31.4. The third-order valence-corrected chi connectivity index (χ3v) is 4.86. The van der Waals surface area contributed by atoms with Gasteiger partial charge in [0.2, 0.25) is 5.91 Å². The molecule has 1 aromatic heterocycles. The first kappa shape index (κ1) is 16.3. The lowest BCUT2D eigenvalue weighted by Gasteiger charge is -2.41. The number of aromatic nitrogens is 2. The van der Waals surface area contributed by atoms with Gasteiger partial charge in [-0.05, 0) is 36.2 Å². The minimum absolute atomic E-state index is 0.00284. The fourth-order valence-electron chi connectivity index (χ4n) is 3.34. The molecular formula is C20H19N3O3. The molecule has 0 bridgehead atoms. The molecule has 132 valence electrons. The highest BCUT2D eigenvalue weighted by molar-refractivity contribution is 5.79. The molecule has 1 amide bonds. The molecule has 0 aliphatic carbocycles. The van der Waals surface area contributed by atoms with Crippen molar-refractivity contribution in [3.05, 3.63) is 70.8 Å². The van der Waals surface area contributed by atoms with Gasteiger partial charge in [-0.3, -0.25) is 14.2 Å². The van der Waals surface area contributed by atoms with Crippen molar-refractivity contribution < 1.29 is 9.53 Å². The monoisotopic (exact) mass is 349 g/mol. The lowest BCUT2D eigenvalue weighted by molar-refractivity contribution is -0.139. The van der Waals surface area contributed by atoms with Gasteiger partial charge in [0.15, 0.2) is 0 Å². The van der Waals surface area contributed by atoms with Crippen LogP contribution in [-0.2, 0) is 11.3 Å². The predicted molar refractivity (Wildman–Crippen MR) is 98.1 cm³/mol. The van der Waals surface area contributed by atoms with Crippen LogP contribution in [0.2, 0.25) is 0 Å². The average Bonchev–Trinajstić information content (AvgIpc) is 2.63. The first-order valence-electron chi connectivity index (χ1n) is 8.55. The number of likely N-dealkylation sites (tertiary alicyclic amines) is 1. The van der Waals surface area contributed by atoms with Crippen molar-refractivity contribution in [2.24, 2.45) is 0 Å². The van der Waals surface area contributed by atoms with Gasteiger partial charge < -0.3 is 9.64 Å². The molecule has 0 N–H and O–H groups in total. The summed E-state index contributed by atoms with van der Waals surface area (Å²) in [7, 11) is 1.63. The molecule has 4 rings (SSSR count). The Labute approximate surface area is 150 Å². The van der Waals surface area contributed by atoms with Crippen molar-refractivity contribution in [3.63, 3.8) is 0 Å². The van der Waals surface area contributed by atoms with Gasteiger partial charge in [-0.25, -0.2) is 4.98 Å². The molecule has 3 aromatic rings. The van der Waals surface area contributed by atoms with Crippen LogP contribution in [0.5, 0.6) is 5.75 Å². The van der Waals surface area contributed by atoms with E-state index in [9.17, 15) is 9.59 Å². The highest BCUT2D eigenvalue weighted by Gasteiger charge is 2.33. The molecule has 1 fully saturated rings. The second-order valence-corrected chi connectivity index (χ2v) is 6.36. The van der Waals surface area contributed by atoms with Gasteiger partial charge in [-0.15, -0.1) is 0 Å². The zero-order valence-electron chi connectivity index (χ0n) is 14.5. The topological polar surface area (TPSA) is 64.4 Å². The van der Waals surface area contributed by atoms with Gasteiger partial charge in [-0.1, -0.05) is 24.3 Å². The number of carbonyl (C=O) groups is 1. The Hall–Kier alpha value is -3.15. The zero-order valence-corrected chi connectivity index (χ0v) is 14.5. The van der Waals surface area contributed by atoms with Crippen molar-refractivity contribution in [1.82, 2.24) is 14.5 Å². The highest BCUT2D eigenvalue weighted by Crippen LogP contribution is 2.34. The third kappa shape index (κ3) is 2.83. The Kier molecular flexibility index (Phi) is 4.16. The largest absolute Gasteiger partial charge is 0.497 e. The second kappa shape index (κ2) is 6.63. The van der Waals surface area contributed by atoms with Crippen LogP contribution in [-0.4, -0.2) is 34.0 Å². The van der Waals surface area contributed by atoms with Crippen LogP contribution in [0.15, 0.2) is 59.7 Å². The highest BCUT2D eigenvalue weighted by atomic mass is 16.5. The molecule has 0 radical (unpaired) electrons. The molecule has 1 aliphatic rings. The summed E-state index contributed by atoms with van der Waals surface area (Å²) < 4.78 is 6.65. The predicted octanol–water partition coefficient (Wildman–Crippen LogP) is 2.38. The number of hydrogen-bond acceptors (Lipinski definition) is 4. The Morgan fingerprint density at radius 2 is 2.08 bits per heavy atom. The number of nitrogens with zero attached hydrogens (tertiary/aromatic N) is 3. The normalized spacial score (nSPS) is 16.3. The quantitative estimate of drug-likeness (QED) is 0.725. The second-order valence-electron chi connectivity index (χ2n) is 6.36. The molecular weight excluding hydrogens is 330 g/mol.